The number of likely N-dealkylation sites (tertiary alicyclic amines) is 2. The minimum Gasteiger partial charge on any atom is -0.368 e. The van der Waals surface area contributed by atoms with Crippen LogP contribution in [0, 0.1) is 6.92 Å². The monoisotopic (exact) mass is 582 g/mol. The molecule has 0 radical (unpaired) electrons. The van der Waals surface area contributed by atoms with Crippen LogP contribution in [0.5, 0.6) is 0 Å². The number of nitrogens with one attached hydrogen (secondary N) is 2. The second kappa shape index (κ2) is 10.3. The Hall–Kier alpha value is -4.99. The third-order valence-corrected chi connectivity index (χ3v) is 9.40. The Morgan fingerprint density at radius 2 is 1.75 bits per heavy atom. The average Bonchev–Trinajstić information content (AvgIpc) is 3.81. The molecule has 220 valence electrons. The van der Waals surface area contributed by atoms with Crippen LogP contribution in [-0.2, 0) is 6.54 Å². The Bertz CT molecular complexity index is 2010. The minimum absolute atomic E-state index is 0.190. The first-order chi connectivity index (χ1) is 21.4. The summed E-state index contributed by atoms with van der Waals surface area (Å²) < 4.78 is 1.58. The zero-order chi connectivity index (χ0) is 29.9. The van der Waals surface area contributed by atoms with Crippen LogP contribution in [-0.4, -0.2) is 67.6 Å². The highest BCUT2D eigenvalue weighted by atomic mass is 16.2. The van der Waals surface area contributed by atoms with Crippen LogP contribution in [0.2, 0.25) is 0 Å². The van der Waals surface area contributed by atoms with Gasteiger partial charge in [0.2, 0.25) is 5.95 Å². The van der Waals surface area contributed by atoms with Gasteiger partial charge in [-0.2, -0.15) is 4.98 Å². The highest BCUT2D eigenvalue weighted by molar-refractivity contribution is 5.99. The number of anilines is 2. The van der Waals surface area contributed by atoms with Gasteiger partial charge < -0.3 is 20.9 Å². The number of hydrogen-bond donors (Lipinski definition) is 3. The number of likely N-dealkylation sites (N-methyl/N-ethyl adjacent to an activating group) is 1. The third kappa shape index (κ3) is 4.61. The maximum Gasteiger partial charge on any atom is 0.330 e. The standard InChI is InChI=1S/C35H34N8O/c1-21-28(8-5-9-30(21)38-35(44)43-17-24-6-3-4-7-25(24)18-43)32-29-15-31(37-33(29)40-34(36)39-32)23-12-10-22(11-13-23)16-42-20-26-14-27(42)19-41(26)2/h3-13,15,17-18,26-27H,14,16,19-20H2,1-2H3,(H,38,44)(H3,36,37,39,40). The fourth-order valence-corrected chi connectivity index (χ4v) is 6.96. The third-order valence-electron chi connectivity index (χ3n) is 9.40. The van der Waals surface area contributed by atoms with Crippen molar-refractivity contribution in [3.8, 4) is 22.5 Å². The number of carbonyl (C=O) groups is 1. The number of nitrogens with zero attached hydrogens (tertiary/aromatic N) is 5. The molecule has 0 aliphatic carbocycles. The summed E-state index contributed by atoms with van der Waals surface area (Å²) in [7, 11) is 2.24. The van der Waals surface area contributed by atoms with Crippen LogP contribution in [0.4, 0.5) is 16.4 Å². The quantitative estimate of drug-likeness (QED) is 0.227. The van der Waals surface area contributed by atoms with Crippen LogP contribution < -0.4 is 11.1 Å². The molecule has 6 aromatic rings. The lowest BCUT2D eigenvalue weighted by Gasteiger charge is -2.31. The van der Waals surface area contributed by atoms with E-state index >= 15 is 0 Å². The molecule has 0 saturated carbocycles. The van der Waals surface area contributed by atoms with Crippen LogP contribution >= 0.6 is 0 Å². The topological polar surface area (TPSA) is 108 Å². The zero-order valence-corrected chi connectivity index (χ0v) is 24.8. The van der Waals surface area contributed by atoms with Crippen LogP contribution in [0.15, 0.2) is 85.2 Å². The number of piperazine rings is 1. The molecule has 2 fully saturated rings. The Kier molecular flexibility index (Phi) is 6.25. The maximum absolute atomic E-state index is 13.2. The number of hydrogen-bond acceptors (Lipinski definition) is 6. The van der Waals surface area contributed by atoms with E-state index in [1.807, 2.05) is 61.8 Å². The summed E-state index contributed by atoms with van der Waals surface area (Å²) >= 11 is 0. The van der Waals surface area contributed by atoms with Crippen molar-refractivity contribution >= 4 is 39.5 Å². The molecular weight excluding hydrogens is 548 g/mol. The largest absolute Gasteiger partial charge is 0.368 e. The van der Waals surface area contributed by atoms with Crippen molar-refractivity contribution in [2.45, 2.75) is 32.0 Å². The fraction of sp³-hybridized carbons (Fsp3) is 0.229. The van der Waals surface area contributed by atoms with Crippen molar-refractivity contribution in [2.24, 2.45) is 0 Å². The SMILES string of the molecule is Cc1c(NC(=O)n2cc3ccccc3c2)cccc1-c1nc(N)nc2[nH]c(-c3ccc(CN4CC5CC4CN5C)cc3)cc12. The number of H-pyrrole nitrogens is 1. The molecule has 2 atom stereocenters. The van der Waals surface area contributed by atoms with Gasteiger partial charge in [-0.1, -0.05) is 60.7 Å². The van der Waals surface area contributed by atoms with Crippen LogP contribution in [0.25, 0.3) is 44.3 Å². The Morgan fingerprint density at radius 1 is 0.977 bits per heavy atom. The molecule has 3 aromatic heterocycles. The first kappa shape index (κ1) is 26.6. The lowest BCUT2D eigenvalue weighted by molar-refractivity contribution is 0.143. The van der Waals surface area contributed by atoms with Gasteiger partial charge in [-0.05, 0) is 60.0 Å². The molecule has 9 heteroatoms. The van der Waals surface area contributed by atoms with Gasteiger partial charge in [-0.3, -0.25) is 9.47 Å². The fourth-order valence-electron chi connectivity index (χ4n) is 6.96. The van der Waals surface area contributed by atoms with E-state index in [-0.39, 0.29) is 12.0 Å². The first-order valence-corrected chi connectivity index (χ1v) is 15.1. The lowest BCUT2D eigenvalue weighted by atomic mass is 10.0. The first-order valence-electron chi connectivity index (χ1n) is 15.1. The van der Waals surface area contributed by atoms with E-state index in [0.29, 0.717) is 23.4 Å². The Balaban J connectivity index is 1.07. The van der Waals surface area contributed by atoms with Gasteiger partial charge in [0, 0.05) is 66.4 Å². The van der Waals surface area contributed by atoms with Gasteiger partial charge >= 0.3 is 6.03 Å². The van der Waals surface area contributed by atoms with Gasteiger partial charge in [-0.25, -0.2) is 9.78 Å². The number of aromatic nitrogens is 4. The molecule has 1 amide bonds. The molecule has 9 nitrogen and oxygen atoms in total. The van der Waals surface area contributed by atoms with Crippen LogP contribution in [0.1, 0.15) is 17.5 Å². The number of fused-ring (bicyclic) bond motifs is 4. The predicted molar refractivity (Wildman–Crippen MR) is 175 cm³/mol. The van der Waals surface area contributed by atoms with Crippen molar-refractivity contribution in [2.75, 3.05) is 31.2 Å². The Labute approximate surface area is 255 Å². The van der Waals surface area contributed by atoms with Crippen molar-refractivity contribution < 1.29 is 4.79 Å². The molecule has 8 rings (SSSR count). The van der Waals surface area contributed by atoms with Crippen molar-refractivity contribution in [1.29, 1.82) is 0 Å². The van der Waals surface area contributed by atoms with E-state index in [1.54, 1.807) is 4.57 Å². The van der Waals surface area contributed by atoms with Gasteiger partial charge in [0.15, 0.2) is 0 Å². The number of nitrogens with two attached hydrogens (primary N) is 1. The molecule has 0 spiro atoms. The summed E-state index contributed by atoms with van der Waals surface area (Å²) in [6.07, 6.45) is 4.96. The number of benzene rings is 3. The summed E-state index contributed by atoms with van der Waals surface area (Å²) in [5, 5.41) is 5.96. The molecule has 44 heavy (non-hydrogen) atoms. The Morgan fingerprint density at radius 3 is 2.45 bits per heavy atom. The minimum atomic E-state index is -0.231. The van der Waals surface area contributed by atoms with Gasteiger partial charge in [0.05, 0.1) is 5.69 Å². The molecule has 5 heterocycles. The molecule has 4 N–H and O–H groups in total. The number of nitrogen functional groups attached to an aromatic ring is 1. The molecule has 3 aromatic carbocycles. The lowest BCUT2D eigenvalue weighted by Crippen LogP contribution is -2.43. The predicted octanol–water partition coefficient (Wildman–Crippen LogP) is 6.11. The van der Waals surface area contributed by atoms with E-state index < -0.39 is 0 Å². The van der Waals surface area contributed by atoms with E-state index in [1.165, 1.54) is 18.5 Å². The summed E-state index contributed by atoms with van der Waals surface area (Å²) in [6, 6.07) is 25.8. The van der Waals surface area contributed by atoms with E-state index in [9.17, 15) is 4.79 Å². The van der Waals surface area contributed by atoms with E-state index in [2.05, 4.69) is 67.4 Å². The number of amides is 1. The molecular formula is C35H34N8O. The van der Waals surface area contributed by atoms with Crippen molar-refractivity contribution in [3.05, 3.63) is 96.3 Å². The smallest absolute Gasteiger partial charge is 0.330 e. The van der Waals surface area contributed by atoms with Crippen molar-refractivity contribution in [3.63, 3.8) is 0 Å². The molecule has 2 aliphatic rings. The molecule has 2 saturated heterocycles. The maximum atomic E-state index is 13.2. The second-order valence-corrected chi connectivity index (χ2v) is 12.2. The second-order valence-electron chi connectivity index (χ2n) is 12.2. The van der Waals surface area contributed by atoms with Gasteiger partial charge in [-0.15, -0.1) is 0 Å². The normalized spacial score (nSPS) is 18.5. The summed E-state index contributed by atoms with van der Waals surface area (Å²) in [5.74, 6) is 0.190. The molecule has 2 aliphatic heterocycles. The van der Waals surface area contributed by atoms with E-state index in [4.69, 9.17) is 5.73 Å². The number of rotatable bonds is 5. The summed E-state index contributed by atoms with van der Waals surface area (Å²) in [5.41, 5.74) is 13.4. The molecule has 2 bridgehead atoms. The highest BCUT2D eigenvalue weighted by Crippen LogP contribution is 2.35. The summed E-state index contributed by atoms with van der Waals surface area (Å²) in [6.45, 7) is 5.30. The zero-order valence-electron chi connectivity index (χ0n) is 24.8. The molecule has 2 unspecified atom stereocenters. The van der Waals surface area contributed by atoms with Gasteiger partial charge in [0.25, 0.3) is 0 Å². The average molecular weight is 583 g/mol. The van der Waals surface area contributed by atoms with Crippen LogP contribution in [0.3, 0.4) is 0 Å². The van der Waals surface area contributed by atoms with E-state index in [0.717, 1.165) is 57.3 Å². The number of aromatic amines is 1. The highest BCUT2D eigenvalue weighted by Gasteiger charge is 2.41. The number of carbonyl (C=O) groups excluding carboxylic acids is 1. The van der Waals surface area contributed by atoms with Gasteiger partial charge in [0.1, 0.15) is 5.65 Å². The summed E-state index contributed by atoms with van der Waals surface area (Å²) in [4.78, 5) is 30.9. The van der Waals surface area contributed by atoms with Crippen molar-refractivity contribution in [1.82, 2.24) is 29.3 Å².